The summed E-state index contributed by atoms with van der Waals surface area (Å²) in [4.78, 5) is 4.98. The van der Waals surface area contributed by atoms with Gasteiger partial charge in [0.2, 0.25) is 0 Å². The number of rotatable bonds is 1. The van der Waals surface area contributed by atoms with Crippen molar-refractivity contribution in [2.24, 2.45) is 5.92 Å². The van der Waals surface area contributed by atoms with E-state index in [0.717, 1.165) is 25.6 Å². The van der Waals surface area contributed by atoms with E-state index < -0.39 is 0 Å². The maximum Gasteiger partial charge on any atom is 0.0607 e. The second kappa shape index (κ2) is 4.81. The van der Waals surface area contributed by atoms with Gasteiger partial charge in [0, 0.05) is 32.7 Å². The summed E-state index contributed by atoms with van der Waals surface area (Å²) in [6, 6.07) is 9.46. The molecule has 2 aliphatic rings. The van der Waals surface area contributed by atoms with Crippen LogP contribution < -0.4 is 15.1 Å². The van der Waals surface area contributed by atoms with Crippen LogP contribution in [0.25, 0.3) is 0 Å². The number of likely N-dealkylation sites (N-methyl/N-ethyl adjacent to an activating group) is 1. The standard InChI is InChI=1S/C15H23N3/c1-12-9-13(11-16-10-12)18-8-7-17(2)14-5-3-4-6-15(14)18/h3-6,12-13,16H,7-11H2,1-2H3. The SMILES string of the molecule is CC1CNCC(N2CCN(C)c3ccccc32)C1. The Morgan fingerprint density at radius 2 is 1.89 bits per heavy atom. The van der Waals surface area contributed by atoms with Crippen molar-refractivity contribution in [1.82, 2.24) is 5.32 Å². The van der Waals surface area contributed by atoms with Crippen molar-refractivity contribution in [1.29, 1.82) is 0 Å². The van der Waals surface area contributed by atoms with Gasteiger partial charge in [-0.15, -0.1) is 0 Å². The minimum Gasteiger partial charge on any atom is -0.371 e. The third kappa shape index (κ3) is 2.07. The van der Waals surface area contributed by atoms with E-state index in [-0.39, 0.29) is 0 Å². The zero-order valence-corrected chi connectivity index (χ0v) is 11.4. The van der Waals surface area contributed by atoms with Crippen molar-refractivity contribution in [3.05, 3.63) is 24.3 Å². The lowest BCUT2D eigenvalue weighted by atomic mass is 9.95. The molecule has 1 aromatic rings. The third-order valence-electron chi connectivity index (χ3n) is 4.27. The highest BCUT2D eigenvalue weighted by molar-refractivity contribution is 5.73. The van der Waals surface area contributed by atoms with Crippen molar-refractivity contribution in [2.75, 3.05) is 43.0 Å². The molecule has 1 N–H and O–H groups in total. The fourth-order valence-corrected chi connectivity index (χ4v) is 3.27. The zero-order chi connectivity index (χ0) is 12.5. The first kappa shape index (κ1) is 11.8. The van der Waals surface area contributed by atoms with Gasteiger partial charge in [-0.25, -0.2) is 0 Å². The van der Waals surface area contributed by atoms with Crippen molar-refractivity contribution in [3.8, 4) is 0 Å². The van der Waals surface area contributed by atoms with E-state index in [4.69, 9.17) is 0 Å². The molecule has 0 radical (unpaired) electrons. The Labute approximate surface area is 110 Å². The highest BCUT2D eigenvalue weighted by Crippen LogP contribution is 2.34. The molecular weight excluding hydrogens is 222 g/mol. The lowest BCUT2D eigenvalue weighted by molar-refractivity contribution is 0.347. The Balaban J connectivity index is 1.87. The van der Waals surface area contributed by atoms with Crippen molar-refractivity contribution >= 4 is 11.4 Å². The summed E-state index contributed by atoms with van der Waals surface area (Å²) in [5.41, 5.74) is 2.79. The van der Waals surface area contributed by atoms with E-state index in [2.05, 4.69) is 53.4 Å². The molecule has 0 aliphatic carbocycles. The maximum atomic E-state index is 3.57. The number of fused-ring (bicyclic) bond motifs is 1. The fraction of sp³-hybridized carbons (Fsp3) is 0.600. The van der Waals surface area contributed by atoms with Crippen LogP contribution in [0.2, 0.25) is 0 Å². The number of nitrogens with zero attached hydrogens (tertiary/aromatic N) is 2. The number of hydrogen-bond acceptors (Lipinski definition) is 3. The number of para-hydroxylation sites is 2. The molecule has 98 valence electrons. The molecule has 3 rings (SSSR count). The van der Waals surface area contributed by atoms with Gasteiger partial charge >= 0.3 is 0 Å². The van der Waals surface area contributed by atoms with Gasteiger partial charge in [0.05, 0.1) is 11.4 Å². The first-order valence-electron chi connectivity index (χ1n) is 7.03. The Morgan fingerprint density at radius 1 is 1.11 bits per heavy atom. The second-order valence-electron chi connectivity index (χ2n) is 5.76. The first-order valence-corrected chi connectivity index (χ1v) is 7.03. The molecule has 0 spiro atoms. The normalized spacial score (nSPS) is 28.1. The molecule has 0 bridgehead atoms. The molecule has 2 atom stereocenters. The van der Waals surface area contributed by atoms with Crippen LogP contribution in [-0.2, 0) is 0 Å². The predicted molar refractivity (Wildman–Crippen MR) is 77.5 cm³/mol. The average Bonchev–Trinajstić information content (AvgIpc) is 2.39. The summed E-state index contributed by atoms with van der Waals surface area (Å²) < 4.78 is 0. The van der Waals surface area contributed by atoms with Gasteiger partial charge in [0.25, 0.3) is 0 Å². The summed E-state index contributed by atoms with van der Waals surface area (Å²) in [6.45, 7) is 6.92. The molecule has 2 unspecified atom stereocenters. The second-order valence-corrected chi connectivity index (χ2v) is 5.76. The van der Waals surface area contributed by atoms with Gasteiger partial charge in [-0.2, -0.15) is 0 Å². The monoisotopic (exact) mass is 245 g/mol. The smallest absolute Gasteiger partial charge is 0.0607 e. The first-order chi connectivity index (χ1) is 8.75. The molecule has 3 nitrogen and oxygen atoms in total. The van der Waals surface area contributed by atoms with Crippen LogP contribution in [-0.4, -0.2) is 39.3 Å². The summed E-state index contributed by atoms with van der Waals surface area (Å²) in [5.74, 6) is 0.788. The van der Waals surface area contributed by atoms with E-state index >= 15 is 0 Å². The highest BCUT2D eigenvalue weighted by Gasteiger charge is 2.29. The molecule has 1 fully saturated rings. The van der Waals surface area contributed by atoms with Crippen LogP contribution in [0.4, 0.5) is 11.4 Å². The van der Waals surface area contributed by atoms with Crippen LogP contribution in [0, 0.1) is 5.92 Å². The molecule has 3 heteroatoms. The van der Waals surface area contributed by atoms with Gasteiger partial charge in [-0.05, 0) is 31.0 Å². The van der Waals surface area contributed by atoms with Gasteiger partial charge in [-0.3, -0.25) is 0 Å². The number of hydrogen-bond donors (Lipinski definition) is 1. The van der Waals surface area contributed by atoms with E-state index in [1.165, 1.54) is 24.3 Å². The average molecular weight is 245 g/mol. The van der Waals surface area contributed by atoms with E-state index in [1.54, 1.807) is 0 Å². The Hall–Kier alpha value is -1.22. The summed E-state index contributed by atoms with van der Waals surface area (Å²) in [7, 11) is 2.19. The molecule has 0 saturated carbocycles. The van der Waals surface area contributed by atoms with Gasteiger partial charge < -0.3 is 15.1 Å². The summed E-state index contributed by atoms with van der Waals surface area (Å²) in [5, 5.41) is 3.57. The van der Waals surface area contributed by atoms with Gasteiger partial charge in [0.15, 0.2) is 0 Å². The molecule has 18 heavy (non-hydrogen) atoms. The maximum absolute atomic E-state index is 3.57. The van der Waals surface area contributed by atoms with Crippen molar-refractivity contribution in [3.63, 3.8) is 0 Å². The van der Waals surface area contributed by atoms with Gasteiger partial charge in [0.1, 0.15) is 0 Å². The van der Waals surface area contributed by atoms with E-state index in [1.807, 2.05) is 0 Å². The number of nitrogens with one attached hydrogen (secondary N) is 1. The number of benzene rings is 1. The fourth-order valence-electron chi connectivity index (χ4n) is 3.27. The van der Waals surface area contributed by atoms with Crippen LogP contribution in [0.1, 0.15) is 13.3 Å². The van der Waals surface area contributed by atoms with E-state index in [9.17, 15) is 0 Å². The van der Waals surface area contributed by atoms with Crippen LogP contribution in [0.5, 0.6) is 0 Å². The van der Waals surface area contributed by atoms with E-state index in [0.29, 0.717) is 6.04 Å². The lowest BCUT2D eigenvalue weighted by Gasteiger charge is -2.44. The van der Waals surface area contributed by atoms with Crippen molar-refractivity contribution in [2.45, 2.75) is 19.4 Å². The molecule has 2 aliphatic heterocycles. The molecule has 0 amide bonds. The molecule has 1 saturated heterocycles. The molecular formula is C15H23N3. The van der Waals surface area contributed by atoms with Crippen LogP contribution in [0.3, 0.4) is 0 Å². The quantitative estimate of drug-likeness (QED) is 0.816. The molecule has 2 heterocycles. The lowest BCUT2D eigenvalue weighted by Crippen LogP contribution is -2.52. The van der Waals surface area contributed by atoms with Crippen LogP contribution >= 0.6 is 0 Å². The molecule has 0 aromatic heterocycles. The highest BCUT2D eigenvalue weighted by atomic mass is 15.3. The summed E-state index contributed by atoms with van der Waals surface area (Å²) in [6.07, 6.45) is 1.31. The third-order valence-corrected chi connectivity index (χ3v) is 4.27. The minimum absolute atomic E-state index is 0.656. The largest absolute Gasteiger partial charge is 0.371 e. The Morgan fingerprint density at radius 3 is 2.67 bits per heavy atom. The molecule has 1 aromatic carbocycles. The Kier molecular flexibility index (Phi) is 3.16. The predicted octanol–water partition coefficient (Wildman–Crippen LogP) is 1.94. The van der Waals surface area contributed by atoms with Crippen molar-refractivity contribution < 1.29 is 0 Å². The Bertz CT molecular complexity index is 418. The number of anilines is 2. The topological polar surface area (TPSA) is 18.5 Å². The minimum atomic E-state index is 0.656. The van der Waals surface area contributed by atoms with Gasteiger partial charge in [-0.1, -0.05) is 19.1 Å². The van der Waals surface area contributed by atoms with Crippen LogP contribution in [0.15, 0.2) is 24.3 Å². The number of piperidine rings is 1. The summed E-state index contributed by atoms with van der Waals surface area (Å²) >= 11 is 0. The zero-order valence-electron chi connectivity index (χ0n) is 11.4.